The molecule has 64 valence electrons. The Hall–Kier alpha value is -0.0862. The quantitative estimate of drug-likeness (QED) is 0.588. The Bertz CT molecular complexity index is 139. The Morgan fingerprint density at radius 3 is 1.36 bits per heavy atom. The van der Waals surface area contributed by atoms with Crippen molar-refractivity contribution in [2.75, 3.05) is 0 Å². The van der Waals surface area contributed by atoms with Crippen LogP contribution in [0.4, 0.5) is 0 Å². The number of hydrogen-bond donors (Lipinski definition) is 0. The highest BCUT2D eigenvalue weighted by Gasteiger charge is 2.26. The van der Waals surface area contributed by atoms with Gasteiger partial charge in [-0.3, -0.25) is 0 Å². The molecule has 0 aliphatic carbocycles. The summed E-state index contributed by atoms with van der Waals surface area (Å²) in [6, 6.07) is 0. The maximum atomic E-state index is 3.90. The number of hydrogen-bond acceptors (Lipinski definition) is 0. The summed E-state index contributed by atoms with van der Waals surface area (Å²) in [5.74, 6) is 0. The summed E-state index contributed by atoms with van der Waals surface area (Å²) in [5, 5.41) is 0. The summed E-state index contributed by atoms with van der Waals surface area (Å²) in [6.07, 6.45) is 0. The highest BCUT2D eigenvalue weighted by Crippen LogP contribution is 2.20. The van der Waals surface area contributed by atoms with E-state index in [0.717, 1.165) is 0 Å². The molecule has 0 radical (unpaired) electrons. The van der Waals surface area contributed by atoms with E-state index >= 15 is 0 Å². The minimum Gasteiger partial charge on any atom is -0.107 e. The highest BCUT2D eigenvalue weighted by atomic mass is 28.4. The van der Waals surface area contributed by atoms with Crippen molar-refractivity contribution in [2.45, 2.75) is 31.9 Å². The van der Waals surface area contributed by atoms with Crippen molar-refractivity contribution in [1.82, 2.24) is 0 Å². The molecular formula is C9H20Si2. The van der Waals surface area contributed by atoms with Gasteiger partial charge in [0.25, 0.3) is 0 Å². The van der Waals surface area contributed by atoms with Crippen molar-refractivity contribution in [3.8, 4) is 0 Å². The molecule has 0 nitrogen and oxygen atoms in total. The normalized spacial score (nSPS) is 12.7. The Balaban J connectivity index is 4.23. The van der Waals surface area contributed by atoms with E-state index in [-0.39, 0.29) is 0 Å². The number of rotatable bonds is 4. The fourth-order valence-corrected chi connectivity index (χ4v) is 11.9. The molecule has 0 bridgehead atoms. The molecule has 0 amide bonds. The van der Waals surface area contributed by atoms with Crippen molar-refractivity contribution in [3.05, 3.63) is 24.6 Å². The SMILES string of the molecule is C=C[Si](C)(C)C[Si](C)(C)C=C. The highest BCUT2D eigenvalue weighted by molar-refractivity contribution is 6.99. The smallest absolute Gasteiger partial charge is 0.0687 e. The second-order valence-electron chi connectivity index (χ2n) is 4.56. The molecule has 0 aromatic rings. The van der Waals surface area contributed by atoms with E-state index in [1.54, 1.807) is 0 Å². The summed E-state index contributed by atoms with van der Waals surface area (Å²) >= 11 is 0. The predicted molar refractivity (Wildman–Crippen MR) is 60.2 cm³/mol. The Labute approximate surface area is 73.0 Å². The maximum Gasteiger partial charge on any atom is 0.0687 e. The van der Waals surface area contributed by atoms with Crippen LogP contribution in [0.5, 0.6) is 0 Å². The molecule has 0 unspecified atom stereocenters. The fourth-order valence-electron chi connectivity index (χ4n) is 1.32. The molecule has 0 aliphatic heterocycles. The molecule has 0 atom stereocenters. The van der Waals surface area contributed by atoms with E-state index in [1.807, 2.05) is 0 Å². The summed E-state index contributed by atoms with van der Waals surface area (Å²) in [5.41, 5.74) is 5.75. The Morgan fingerprint density at radius 2 is 1.18 bits per heavy atom. The van der Waals surface area contributed by atoms with E-state index in [0.29, 0.717) is 0 Å². The van der Waals surface area contributed by atoms with Gasteiger partial charge in [0.05, 0.1) is 16.1 Å². The van der Waals surface area contributed by atoms with E-state index in [4.69, 9.17) is 0 Å². The standard InChI is InChI=1S/C9H20Si2/c1-7-10(3,4)9-11(5,6)8-2/h7-8H,1-2,9H2,3-6H3. The minimum atomic E-state index is -1.08. The summed E-state index contributed by atoms with van der Waals surface area (Å²) in [7, 11) is -2.16. The third-order valence-electron chi connectivity index (χ3n) is 2.02. The van der Waals surface area contributed by atoms with Crippen LogP contribution < -0.4 is 0 Å². The predicted octanol–water partition coefficient (Wildman–Crippen LogP) is 3.39. The van der Waals surface area contributed by atoms with E-state index in [2.05, 4.69) is 50.7 Å². The molecule has 0 rings (SSSR count). The zero-order chi connectivity index (χ0) is 9.12. The van der Waals surface area contributed by atoms with Crippen LogP contribution in [0.15, 0.2) is 24.6 Å². The van der Waals surface area contributed by atoms with Gasteiger partial charge in [-0.15, -0.1) is 24.6 Å². The molecule has 11 heavy (non-hydrogen) atoms. The van der Waals surface area contributed by atoms with Crippen LogP contribution in [0.1, 0.15) is 0 Å². The topological polar surface area (TPSA) is 0 Å². The van der Waals surface area contributed by atoms with Gasteiger partial charge in [-0.2, -0.15) is 0 Å². The fraction of sp³-hybridized carbons (Fsp3) is 0.556. The van der Waals surface area contributed by atoms with Crippen LogP contribution >= 0.6 is 0 Å². The largest absolute Gasteiger partial charge is 0.107 e. The first-order valence-corrected chi connectivity index (χ1v) is 10.7. The van der Waals surface area contributed by atoms with Gasteiger partial charge in [0.1, 0.15) is 0 Å². The van der Waals surface area contributed by atoms with E-state index in [1.165, 1.54) is 5.67 Å². The van der Waals surface area contributed by atoms with Crippen LogP contribution in [0.3, 0.4) is 0 Å². The Morgan fingerprint density at radius 1 is 0.909 bits per heavy atom. The lowest BCUT2D eigenvalue weighted by atomic mass is 11.3. The van der Waals surface area contributed by atoms with Crippen molar-refractivity contribution in [1.29, 1.82) is 0 Å². The second-order valence-corrected chi connectivity index (χ2v) is 14.7. The first-order chi connectivity index (χ1) is 4.83. The van der Waals surface area contributed by atoms with Gasteiger partial charge in [-0.05, 0) is 0 Å². The minimum absolute atomic E-state index is 1.08. The van der Waals surface area contributed by atoms with Crippen LogP contribution in [-0.4, -0.2) is 16.1 Å². The molecule has 0 aromatic heterocycles. The molecule has 0 saturated carbocycles. The lowest BCUT2D eigenvalue weighted by molar-refractivity contribution is 1.58. The van der Waals surface area contributed by atoms with Crippen LogP contribution in [0, 0.1) is 0 Å². The molecule has 0 aromatic carbocycles. The summed E-state index contributed by atoms with van der Waals surface area (Å²) < 4.78 is 0. The molecule has 2 heteroatoms. The van der Waals surface area contributed by atoms with Gasteiger partial charge in [-0.1, -0.05) is 31.9 Å². The van der Waals surface area contributed by atoms with E-state index < -0.39 is 16.1 Å². The van der Waals surface area contributed by atoms with Gasteiger partial charge in [0.15, 0.2) is 0 Å². The van der Waals surface area contributed by atoms with Gasteiger partial charge in [0, 0.05) is 0 Å². The van der Waals surface area contributed by atoms with Gasteiger partial charge in [0.2, 0.25) is 0 Å². The molecule has 0 N–H and O–H groups in total. The zero-order valence-electron chi connectivity index (χ0n) is 8.28. The van der Waals surface area contributed by atoms with Gasteiger partial charge < -0.3 is 0 Å². The molecule has 0 saturated heterocycles. The van der Waals surface area contributed by atoms with Crippen molar-refractivity contribution < 1.29 is 0 Å². The van der Waals surface area contributed by atoms with Crippen molar-refractivity contribution in [2.24, 2.45) is 0 Å². The molecule has 0 fully saturated rings. The Kier molecular flexibility index (Phi) is 3.51. The molecular weight excluding hydrogens is 164 g/mol. The average molecular weight is 184 g/mol. The zero-order valence-corrected chi connectivity index (χ0v) is 10.3. The van der Waals surface area contributed by atoms with Crippen LogP contribution in [0.2, 0.25) is 31.9 Å². The van der Waals surface area contributed by atoms with E-state index in [9.17, 15) is 0 Å². The third-order valence-corrected chi connectivity index (χ3v) is 11.5. The first kappa shape index (κ1) is 10.9. The monoisotopic (exact) mass is 184 g/mol. The lowest BCUT2D eigenvalue weighted by Crippen LogP contribution is -2.36. The maximum absolute atomic E-state index is 3.90. The first-order valence-electron chi connectivity index (χ1n) is 4.10. The van der Waals surface area contributed by atoms with Gasteiger partial charge in [-0.25, -0.2) is 0 Å². The third kappa shape index (κ3) is 4.37. The van der Waals surface area contributed by atoms with Crippen LogP contribution in [0.25, 0.3) is 0 Å². The summed E-state index contributed by atoms with van der Waals surface area (Å²) in [6.45, 7) is 17.3. The average Bonchev–Trinajstić information content (AvgIpc) is 1.86. The summed E-state index contributed by atoms with van der Waals surface area (Å²) in [4.78, 5) is 0. The molecule has 0 heterocycles. The molecule has 0 spiro atoms. The second kappa shape index (κ2) is 3.54. The van der Waals surface area contributed by atoms with Crippen molar-refractivity contribution in [3.63, 3.8) is 0 Å². The lowest BCUT2D eigenvalue weighted by Gasteiger charge is -2.26. The van der Waals surface area contributed by atoms with Crippen LogP contribution in [-0.2, 0) is 0 Å². The molecule has 0 aliphatic rings. The van der Waals surface area contributed by atoms with Gasteiger partial charge >= 0.3 is 0 Å². The van der Waals surface area contributed by atoms with Crippen molar-refractivity contribution >= 4 is 16.1 Å².